The molecule has 0 aromatic carbocycles. The molecular weight excluding hydrogens is 187 g/mol. The molecule has 0 N–H and O–H groups in total. The molecule has 14 heavy (non-hydrogen) atoms. The summed E-state index contributed by atoms with van der Waals surface area (Å²) in [6.45, 7) is 16.4. The van der Waals surface area contributed by atoms with E-state index >= 15 is 0 Å². The van der Waals surface area contributed by atoms with E-state index in [0.29, 0.717) is 10.3 Å². The molecule has 0 heterocycles. The standard InChI is InChI=1S/C13H27P/c1-8-9-10-11-14(12(2,3)4)13(5,6)7/h10-11H,8-9H2,1-7H3. The second-order valence-electron chi connectivity index (χ2n) is 5.89. The third-order valence-corrected chi connectivity index (χ3v) is 5.56. The Morgan fingerprint density at radius 3 is 1.64 bits per heavy atom. The fraction of sp³-hybridized carbons (Fsp3) is 0.846. The number of hydrogen-bond donors (Lipinski definition) is 0. The molecule has 0 aromatic heterocycles. The van der Waals surface area contributed by atoms with Crippen molar-refractivity contribution >= 4 is 7.92 Å². The van der Waals surface area contributed by atoms with Crippen LogP contribution in [0.4, 0.5) is 0 Å². The van der Waals surface area contributed by atoms with Gasteiger partial charge in [0.2, 0.25) is 0 Å². The predicted octanol–water partition coefficient (Wildman–Crippen LogP) is 5.38. The first-order valence-corrected chi connectivity index (χ1v) is 7.06. The van der Waals surface area contributed by atoms with Gasteiger partial charge in [-0.05, 0) is 16.7 Å². The predicted molar refractivity (Wildman–Crippen MR) is 70.5 cm³/mol. The molecule has 0 saturated carbocycles. The Morgan fingerprint density at radius 2 is 1.36 bits per heavy atom. The zero-order chi connectivity index (χ0) is 11.4. The molecule has 0 spiro atoms. The molecule has 0 radical (unpaired) electrons. The molecule has 0 fully saturated rings. The topological polar surface area (TPSA) is 0 Å². The summed E-state index contributed by atoms with van der Waals surface area (Å²) in [6.07, 6.45) is 4.86. The largest absolute Gasteiger partial charge is 0.0840 e. The van der Waals surface area contributed by atoms with Crippen molar-refractivity contribution < 1.29 is 0 Å². The van der Waals surface area contributed by atoms with Gasteiger partial charge in [0, 0.05) is 0 Å². The SMILES string of the molecule is CCCC=CP(C(C)(C)C)C(C)(C)C. The average Bonchev–Trinajstić information content (AvgIpc) is 1.92. The monoisotopic (exact) mass is 214 g/mol. The first-order valence-electron chi connectivity index (χ1n) is 5.65. The van der Waals surface area contributed by atoms with E-state index in [9.17, 15) is 0 Å². The summed E-state index contributed by atoms with van der Waals surface area (Å²) >= 11 is 0. The van der Waals surface area contributed by atoms with Crippen molar-refractivity contribution in [2.75, 3.05) is 0 Å². The van der Waals surface area contributed by atoms with Crippen LogP contribution in [0.15, 0.2) is 11.9 Å². The van der Waals surface area contributed by atoms with E-state index in [1.165, 1.54) is 12.8 Å². The Hall–Kier alpha value is 0.170. The van der Waals surface area contributed by atoms with Crippen LogP contribution in [0.1, 0.15) is 61.3 Å². The Morgan fingerprint density at radius 1 is 0.929 bits per heavy atom. The third-order valence-electron chi connectivity index (χ3n) is 2.16. The van der Waals surface area contributed by atoms with Crippen LogP contribution in [-0.2, 0) is 0 Å². The highest BCUT2D eigenvalue weighted by Crippen LogP contribution is 2.60. The molecule has 0 aliphatic carbocycles. The van der Waals surface area contributed by atoms with Gasteiger partial charge in [0.1, 0.15) is 0 Å². The molecule has 0 aromatic rings. The minimum atomic E-state index is -0.0349. The zero-order valence-electron chi connectivity index (χ0n) is 11.0. The summed E-state index contributed by atoms with van der Waals surface area (Å²) in [5, 5.41) is 0.857. The average molecular weight is 214 g/mol. The summed E-state index contributed by atoms with van der Waals surface area (Å²) in [5.74, 6) is 2.48. The number of hydrogen-bond acceptors (Lipinski definition) is 0. The number of unbranched alkanes of at least 4 members (excludes halogenated alkanes) is 1. The summed E-state index contributed by atoms with van der Waals surface area (Å²) in [6, 6.07) is 0. The molecule has 0 saturated heterocycles. The first-order chi connectivity index (χ1) is 6.19. The van der Waals surface area contributed by atoms with E-state index in [1.807, 2.05) is 0 Å². The molecule has 1 heteroatoms. The first kappa shape index (κ1) is 14.2. The van der Waals surface area contributed by atoms with Crippen LogP contribution in [-0.4, -0.2) is 10.3 Å². The van der Waals surface area contributed by atoms with Crippen molar-refractivity contribution in [3.05, 3.63) is 11.9 Å². The third kappa shape index (κ3) is 5.15. The minimum absolute atomic E-state index is 0.0349. The van der Waals surface area contributed by atoms with Crippen LogP contribution in [0, 0.1) is 0 Å². The van der Waals surface area contributed by atoms with E-state index in [4.69, 9.17) is 0 Å². The highest BCUT2D eigenvalue weighted by Gasteiger charge is 2.31. The van der Waals surface area contributed by atoms with Gasteiger partial charge in [0.15, 0.2) is 0 Å². The van der Waals surface area contributed by atoms with Crippen LogP contribution in [0.25, 0.3) is 0 Å². The summed E-state index contributed by atoms with van der Waals surface area (Å²) < 4.78 is 0. The Bertz CT molecular complexity index is 164. The van der Waals surface area contributed by atoms with Crippen LogP contribution >= 0.6 is 7.92 Å². The fourth-order valence-corrected chi connectivity index (χ4v) is 5.07. The van der Waals surface area contributed by atoms with Gasteiger partial charge in [-0.1, -0.05) is 74.7 Å². The Kier molecular flexibility index (Phi) is 5.37. The molecule has 0 amide bonds. The molecule has 0 nitrogen and oxygen atoms in total. The Labute approximate surface area is 91.9 Å². The molecule has 0 aliphatic heterocycles. The molecular formula is C13H27P. The maximum atomic E-state index is 2.48. The molecule has 0 bridgehead atoms. The normalized spacial score (nSPS) is 14.3. The molecule has 0 rings (SSSR count). The molecule has 0 atom stereocenters. The van der Waals surface area contributed by atoms with Crippen molar-refractivity contribution in [2.24, 2.45) is 0 Å². The van der Waals surface area contributed by atoms with E-state index in [0.717, 1.165) is 0 Å². The summed E-state index contributed by atoms with van der Waals surface area (Å²) in [5.41, 5.74) is 0. The van der Waals surface area contributed by atoms with Crippen molar-refractivity contribution in [3.63, 3.8) is 0 Å². The van der Waals surface area contributed by atoms with Gasteiger partial charge in [0.25, 0.3) is 0 Å². The lowest BCUT2D eigenvalue weighted by Crippen LogP contribution is -2.23. The Balaban J connectivity index is 4.59. The quantitative estimate of drug-likeness (QED) is 0.553. The van der Waals surface area contributed by atoms with E-state index in [-0.39, 0.29) is 7.92 Å². The second-order valence-corrected chi connectivity index (χ2v) is 9.61. The minimum Gasteiger partial charge on any atom is -0.0840 e. The number of rotatable bonds is 3. The van der Waals surface area contributed by atoms with Crippen LogP contribution < -0.4 is 0 Å². The lowest BCUT2D eigenvalue weighted by atomic mass is 10.2. The number of allylic oxidation sites excluding steroid dienone is 1. The lowest BCUT2D eigenvalue weighted by molar-refractivity contribution is 0.714. The molecule has 84 valence electrons. The van der Waals surface area contributed by atoms with Gasteiger partial charge in [-0.2, -0.15) is 0 Å². The van der Waals surface area contributed by atoms with Crippen molar-refractivity contribution in [1.29, 1.82) is 0 Å². The second kappa shape index (κ2) is 5.31. The van der Waals surface area contributed by atoms with Gasteiger partial charge >= 0.3 is 0 Å². The maximum Gasteiger partial charge on any atom is -0.0140 e. The zero-order valence-corrected chi connectivity index (χ0v) is 11.9. The smallest absolute Gasteiger partial charge is 0.0140 e. The summed E-state index contributed by atoms with van der Waals surface area (Å²) in [4.78, 5) is 0. The van der Waals surface area contributed by atoms with Crippen molar-refractivity contribution in [2.45, 2.75) is 71.6 Å². The van der Waals surface area contributed by atoms with Gasteiger partial charge in [-0.15, -0.1) is 0 Å². The van der Waals surface area contributed by atoms with Gasteiger partial charge in [-0.3, -0.25) is 0 Å². The van der Waals surface area contributed by atoms with Crippen molar-refractivity contribution in [1.82, 2.24) is 0 Å². The van der Waals surface area contributed by atoms with Crippen molar-refractivity contribution in [3.8, 4) is 0 Å². The molecule has 0 unspecified atom stereocenters. The fourth-order valence-electron chi connectivity index (χ4n) is 1.80. The van der Waals surface area contributed by atoms with E-state index in [1.54, 1.807) is 0 Å². The maximum absolute atomic E-state index is 2.48. The lowest BCUT2D eigenvalue weighted by Gasteiger charge is -2.39. The highest BCUT2D eigenvalue weighted by atomic mass is 31.1. The van der Waals surface area contributed by atoms with Crippen LogP contribution in [0.2, 0.25) is 0 Å². The van der Waals surface area contributed by atoms with Gasteiger partial charge < -0.3 is 0 Å². The van der Waals surface area contributed by atoms with Gasteiger partial charge in [-0.25, -0.2) is 0 Å². The van der Waals surface area contributed by atoms with E-state index in [2.05, 4.69) is 60.4 Å². The highest BCUT2D eigenvalue weighted by molar-refractivity contribution is 7.63. The van der Waals surface area contributed by atoms with Gasteiger partial charge in [0.05, 0.1) is 0 Å². The van der Waals surface area contributed by atoms with E-state index < -0.39 is 0 Å². The molecule has 0 aliphatic rings. The summed E-state index contributed by atoms with van der Waals surface area (Å²) in [7, 11) is -0.0349. The van der Waals surface area contributed by atoms with Crippen LogP contribution in [0.5, 0.6) is 0 Å². The van der Waals surface area contributed by atoms with Crippen LogP contribution in [0.3, 0.4) is 0 Å².